The van der Waals surface area contributed by atoms with E-state index in [1.165, 1.54) is 6.92 Å². The summed E-state index contributed by atoms with van der Waals surface area (Å²) in [6.07, 6.45) is 0.501. The fourth-order valence-corrected chi connectivity index (χ4v) is 0.766. The van der Waals surface area contributed by atoms with E-state index >= 15 is 0 Å². The predicted octanol–water partition coefficient (Wildman–Crippen LogP) is 1.79. The number of hydrogen-bond acceptors (Lipinski definition) is 3. The molecule has 0 aromatic carbocycles. The molecule has 0 radical (unpaired) electrons. The number of aliphatic hydroxyl groups is 1. The number of carbonyl (C=O) groups is 1. The molecule has 64 valence electrons. The molecule has 0 fully saturated rings. The minimum absolute atomic E-state index is 0.0472. The van der Waals surface area contributed by atoms with Crippen molar-refractivity contribution in [1.29, 1.82) is 0 Å². The van der Waals surface area contributed by atoms with Crippen molar-refractivity contribution in [2.75, 3.05) is 6.61 Å². The molecule has 0 spiro atoms. The van der Waals surface area contributed by atoms with Gasteiger partial charge in [-0.15, -0.1) is 0 Å². The lowest BCUT2D eigenvalue weighted by Gasteiger charge is -2.04. The van der Waals surface area contributed by atoms with E-state index < -0.39 is 5.97 Å². The molecule has 0 atom stereocenters. The highest BCUT2D eigenvalue weighted by Gasteiger charge is 2.10. The fraction of sp³-hybridized carbons (Fsp3) is 0.625. The van der Waals surface area contributed by atoms with Crippen molar-refractivity contribution in [2.45, 2.75) is 27.2 Å². The molecule has 0 saturated carbocycles. The van der Waals surface area contributed by atoms with E-state index in [1.807, 2.05) is 0 Å². The second-order valence-corrected chi connectivity index (χ2v) is 2.14. The monoisotopic (exact) mass is 158 g/mol. The van der Waals surface area contributed by atoms with E-state index in [0.29, 0.717) is 18.6 Å². The van der Waals surface area contributed by atoms with E-state index in [0.717, 1.165) is 0 Å². The normalized spacial score (nSPS) is 12.3. The number of hydrogen-bond donors (Lipinski definition) is 1. The largest absolute Gasteiger partial charge is 0.512 e. The van der Waals surface area contributed by atoms with Gasteiger partial charge in [0.2, 0.25) is 0 Å². The molecular formula is C8H14O3. The van der Waals surface area contributed by atoms with Crippen molar-refractivity contribution < 1.29 is 14.6 Å². The summed E-state index contributed by atoms with van der Waals surface area (Å²) < 4.78 is 4.70. The summed E-state index contributed by atoms with van der Waals surface area (Å²) in [7, 11) is 0. The Balaban J connectivity index is 4.28. The van der Waals surface area contributed by atoms with Crippen molar-refractivity contribution in [1.82, 2.24) is 0 Å². The highest BCUT2D eigenvalue weighted by Crippen LogP contribution is 2.07. The molecule has 0 amide bonds. The minimum atomic E-state index is -0.421. The van der Waals surface area contributed by atoms with Crippen LogP contribution in [0.15, 0.2) is 11.3 Å². The van der Waals surface area contributed by atoms with Crippen LogP contribution < -0.4 is 0 Å². The Bertz CT molecular complexity index is 166. The van der Waals surface area contributed by atoms with E-state index in [2.05, 4.69) is 0 Å². The number of allylic oxidation sites excluding steroid dienone is 1. The molecule has 0 bridgehead atoms. The maximum atomic E-state index is 11.0. The van der Waals surface area contributed by atoms with E-state index in [9.17, 15) is 4.79 Å². The molecule has 3 nitrogen and oxygen atoms in total. The molecule has 0 aromatic rings. The zero-order chi connectivity index (χ0) is 8.85. The van der Waals surface area contributed by atoms with Crippen LogP contribution in [0.5, 0.6) is 0 Å². The van der Waals surface area contributed by atoms with Gasteiger partial charge in [-0.1, -0.05) is 6.92 Å². The van der Waals surface area contributed by atoms with Crippen LogP contribution in [-0.2, 0) is 9.53 Å². The number of aliphatic hydroxyl groups excluding tert-OH is 1. The molecule has 0 rings (SSSR count). The fourth-order valence-electron chi connectivity index (χ4n) is 0.766. The Hall–Kier alpha value is -0.990. The summed E-state index contributed by atoms with van der Waals surface area (Å²) in [5.41, 5.74) is 0.354. The summed E-state index contributed by atoms with van der Waals surface area (Å²) in [6, 6.07) is 0. The average molecular weight is 158 g/mol. The van der Waals surface area contributed by atoms with Crippen LogP contribution in [0.3, 0.4) is 0 Å². The first-order chi connectivity index (χ1) is 5.13. The lowest BCUT2D eigenvalue weighted by Crippen LogP contribution is -2.08. The molecule has 0 aliphatic carbocycles. The maximum absolute atomic E-state index is 11.0. The van der Waals surface area contributed by atoms with Crippen LogP contribution in [0.2, 0.25) is 0 Å². The second-order valence-electron chi connectivity index (χ2n) is 2.14. The summed E-state index contributed by atoms with van der Waals surface area (Å²) in [4.78, 5) is 11.0. The van der Waals surface area contributed by atoms with Gasteiger partial charge in [0.05, 0.1) is 17.9 Å². The lowest BCUT2D eigenvalue weighted by atomic mass is 10.2. The van der Waals surface area contributed by atoms with E-state index in [4.69, 9.17) is 9.84 Å². The van der Waals surface area contributed by atoms with Crippen LogP contribution in [0.1, 0.15) is 27.2 Å². The van der Waals surface area contributed by atoms with Gasteiger partial charge in [0.25, 0.3) is 0 Å². The van der Waals surface area contributed by atoms with Crippen molar-refractivity contribution in [2.24, 2.45) is 0 Å². The third-order valence-electron chi connectivity index (χ3n) is 1.31. The summed E-state index contributed by atoms with van der Waals surface area (Å²) in [6.45, 7) is 5.36. The molecule has 3 heteroatoms. The Morgan fingerprint density at radius 1 is 1.45 bits per heavy atom. The number of rotatable bonds is 3. The van der Waals surface area contributed by atoms with Crippen molar-refractivity contribution in [3.63, 3.8) is 0 Å². The van der Waals surface area contributed by atoms with Gasteiger partial charge in [0.15, 0.2) is 0 Å². The molecule has 0 unspecified atom stereocenters. The first kappa shape index (κ1) is 10.0. The first-order valence-electron chi connectivity index (χ1n) is 3.69. The van der Waals surface area contributed by atoms with Crippen molar-refractivity contribution in [3.05, 3.63) is 11.3 Å². The lowest BCUT2D eigenvalue weighted by molar-refractivity contribution is -0.138. The second kappa shape index (κ2) is 4.77. The van der Waals surface area contributed by atoms with Gasteiger partial charge >= 0.3 is 5.97 Å². The third kappa shape index (κ3) is 3.07. The number of carbonyl (C=O) groups excluding carboxylic acids is 1. The standard InChI is InChI=1S/C8H14O3/c1-4-7(6(3)9)8(10)11-5-2/h9H,4-5H2,1-3H3. The van der Waals surface area contributed by atoms with Crippen LogP contribution in [0, 0.1) is 0 Å². The van der Waals surface area contributed by atoms with Crippen LogP contribution in [0.25, 0.3) is 0 Å². The Labute approximate surface area is 66.7 Å². The molecule has 0 heterocycles. The zero-order valence-electron chi connectivity index (χ0n) is 7.18. The van der Waals surface area contributed by atoms with Gasteiger partial charge in [-0.25, -0.2) is 4.79 Å². The van der Waals surface area contributed by atoms with Crippen LogP contribution >= 0.6 is 0 Å². The molecule has 0 saturated heterocycles. The van der Waals surface area contributed by atoms with E-state index in [-0.39, 0.29) is 5.76 Å². The molecule has 0 aliphatic heterocycles. The minimum Gasteiger partial charge on any atom is -0.512 e. The molecule has 0 aromatic heterocycles. The molecule has 11 heavy (non-hydrogen) atoms. The summed E-state index contributed by atoms with van der Waals surface area (Å²) in [5.74, 6) is -0.374. The summed E-state index contributed by atoms with van der Waals surface area (Å²) in [5, 5.41) is 8.99. The van der Waals surface area contributed by atoms with Gasteiger partial charge in [-0.3, -0.25) is 0 Å². The Kier molecular flexibility index (Phi) is 4.34. The van der Waals surface area contributed by atoms with Crippen molar-refractivity contribution in [3.8, 4) is 0 Å². The molecular weight excluding hydrogens is 144 g/mol. The SMILES string of the molecule is CCOC(=O)C(CC)=C(C)O. The van der Waals surface area contributed by atoms with Gasteiger partial charge in [0, 0.05) is 0 Å². The topological polar surface area (TPSA) is 46.5 Å². The third-order valence-corrected chi connectivity index (χ3v) is 1.31. The summed E-state index contributed by atoms with van der Waals surface area (Å²) >= 11 is 0. The molecule has 1 N–H and O–H groups in total. The maximum Gasteiger partial charge on any atom is 0.337 e. The van der Waals surface area contributed by atoms with E-state index in [1.54, 1.807) is 13.8 Å². The first-order valence-corrected chi connectivity index (χ1v) is 3.69. The smallest absolute Gasteiger partial charge is 0.337 e. The van der Waals surface area contributed by atoms with Crippen LogP contribution in [-0.4, -0.2) is 17.7 Å². The average Bonchev–Trinajstić information content (AvgIpc) is 1.88. The van der Waals surface area contributed by atoms with Gasteiger partial charge in [0.1, 0.15) is 0 Å². The quantitative estimate of drug-likeness (QED) is 0.387. The predicted molar refractivity (Wildman–Crippen MR) is 42.3 cm³/mol. The van der Waals surface area contributed by atoms with Crippen molar-refractivity contribution >= 4 is 5.97 Å². The number of esters is 1. The van der Waals surface area contributed by atoms with Gasteiger partial charge in [-0.05, 0) is 20.3 Å². The zero-order valence-corrected chi connectivity index (χ0v) is 7.18. The highest BCUT2D eigenvalue weighted by molar-refractivity contribution is 5.88. The Morgan fingerprint density at radius 3 is 2.27 bits per heavy atom. The van der Waals surface area contributed by atoms with Crippen LogP contribution in [0.4, 0.5) is 0 Å². The van der Waals surface area contributed by atoms with Gasteiger partial charge in [-0.2, -0.15) is 0 Å². The number of ether oxygens (including phenoxy) is 1. The highest BCUT2D eigenvalue weighted by atomic mass is 16.5. The molecule has 0 aliphatic rings. The van der Waals surface area contributed by atoms with Gasteiger partial charge < -0.3 is 9.84 Å². The Morgan fingerprint density at radius 2 is 2.00 bits per heavy atom.